The molecule has 3 N–H and O–H groups in total. The third-order valence-electron chi connectivity index (χ3n) is 6.82. The van der Waals surface area contributed by atoms with Crippen molar-refractivity contribution in [1.82, 2.24) is 15.2 Å². The van der Waals surface area contributed by atoms with Gasteiger partial charge in [-0.3, -0.25) is 4.79 Å². The first-order chi connectivity index (χ1) is 16.1. The van der Waals surface area contributed by atoms with Gasteiger partial charge in [-0.15, -0.1) is 0 Å². The summed E-state index contributed by atoms with van der Waals surface area (Å²) >= 11 is 0. The summed E-state index contributed by atoms with van der Waals surface area (Å²) in [4.78, 5) is 18.1. The van der Waals surface area contributed by atoms with E-state index in [1.54, 1.807) is 12.1 Å². The van der Waals surface area contributed by atoms with Crippen LogP contribution in [0.3, 0.4) is 0 Å². The van der Waals surface area contributed by atoms with Gasteiger partial charge in [0.25, 0.3) is 0 Å². The Hall–Kier alpha value is -2.96. The van der Waals surface area contributed by atoms with Gasteiger partial charge in [-0.05, 0) is 61.9 Å². The zero-order valence-electron chi connectivity index (χ0n) is 19.6. The lowest BCUT2D eigenvalue weighted by atomic mass is 9.90. The van der Waals surface area contributed by atoms with Crippen LogP contribution in [0.4, 0.5) is 0 Å². The average molecular weight is 447 g/mol. The predicted octanol–water partition coefficient (Wildman–Crippen LogP) is 4.87. The first kappa shape index (κ1) is 23.2. The van der Waals surface area contributed by atoms with Crippen LogP contribution in [0.5, 0.6) is 11.6 Å². The van der Waals surface area contributed by atoms with Crippen LogP contribution in [-0.2, 0) is 6.54 Å². The molecule has 1 aromatic heterocycles. The van der Waals surface area contributed by atoms with Crippen LogP contribution < -0.4 is 15.8 Å². The monoisotopic (exact) mass is 446 g/mol. The highest BCUT2D eigenvalue weighted by Crippen LogP contribution is 2.32. The van der Waals surface area contributed by atoms with Gasteiger partial charge in [0.2, 0.25) is 11.8 Å². The number of ether oxygens (including phenoxy) is 1. The molecule has 1 fully saturated rings. The number of rotatable bonds is 9. The normalized spacial score (nSPS) is 18.5. The molecule has 1 saturated carbocycles. The van der Waals surface area contributed by atoms with E-state index in [0.29, 0.717) is 17.5 Å². The van der Waals surface area contributed by atoms with Gasteiger partial charge in [0.1, 0.15) is 5.75 Å². The highest BCUT2D eigenvalue weighted by atomic mass is 16.5. The molecule has 0 atom stereocenters. The Morgan fingerprint density at radius 1 is 1.03 bits per heavy atom. The minimum atomic E-state index is -0.502. The lowest BCUT2D eigenvalue weighted by Crippen LogP contribution is -2.42. The third-order valence-corrected chi connectivity index (χ3v) is 6.82. The molecule has 0 radical (unpaired) electrons. The molecule has 0 aliphatic heterocycles. The zero-order chi connectivity index (χ0) is 23.2. The Balaban J connectivity index is 1.43. The quantitative estimate of drug-likeness (QED) is 0.490. The van der Waals surface area contributed by atoms with Crippen LogP contribution in [0.25, 0.3) is 10.8 Å². The van der Waals surface area contributed by atoms with E-state index in [0.717, 1.165) is 36.8 Å². The molecule has 6 nitrogen and oxygen atoms in total. The number of hydrogen-bond donors (Lipinski definition) is 2. The van der Waals surface area contributed by atoms with E-state index in [9.17, 15) is 4.79 Å². The van der Waals surface area contributed by atoms with E-state index in [4.69, 9.17) is 10.5 Å². The van der Waals surface area contributed by atoms with E-state index in [1.165, 1.54) is 42.8 Å². The van der Waals surface area contributed by atoms with Gasteiger partial charge in [-0.25, -0.2) is 4.98 Å². The fourth-order valence-corrected chi connectivity index (χ4v) is 4.92. The van der Waals surface area contributed by atoms with Crippen molar-refractivity contribution in [3.8, 4) is 11.6 Å². The second-order valence-corrected chi connectivity index (χ2v) is 8.73. The van der Waals surface area contributed by atoms with Crippen LogP contribution in [0.15, 0.2) is 54.7 Å². The molecule has 6 heteroatoms. The number of benzene rings is 2. The van der Waals surface area contributed by atoms with Gasteiger partial charge in [0, 0.05) is 36.3 Å². The fourth-order valence-electron chi connectivity index (χ4n) is 4.92. The molecule has 33 heavy (non-hydrogen) atoms. The first-order valence-corrected chi connectivity index (χ1v) is 12.0. The number of nitrogens with one attached hydrogen (secondary N) is 1. The van der Waals surface area contributed by atoms with Crippen LogP contribution in [0.2, 0.25) is 0 Å². The number of primary amides is 1. The number of nitrogens with two attached hydrogens (primary N) is 1. The van der Waals surface area contributed by atoms with Crippen molar-refractivity contribution in [2.75, 3.05) is 13.1 Å². The number of carbonyl (C=O) groups is 1. The van der Waals surface area contributed by atoms with Crippen LogP contribution in [0, 0.1) is 0 Å². The summed E-state index contributed by atoms with van der Waals surface area (Å²) < 4.78 is 6.04. The molecule has 1 aliphatic carbocycles. The van der Waals surface area contributed by atoms with Gasteiger partial charge in [-0.2, -0.15) is 0 Å². The van der Waals surface area contributed by atoms with Crippen LogP contribution >= 0.6 is 0 Å². The van der Waals surface area contributed by atoms with E-state index >= 15 is 0 Å². The second-order valence-electron chi connectivity index (χ2n) is 8.73. The SMILES string of the molecule is CCN(CC)C1CCC(NCc2ccc(Oc3ccc(C(N)=O)cn3)c3ccccc23)CC1. The second kappa shape index (κ2) is 10.8. The molecule has 174 valence electrons. The Labute approximate surface area is 196 Å². The zero-order valence-corrected chi connectivity index (χ0v) is 19.6. The fraction of sp³-hybridized carbons (Fsp3) is 0.407. The van der Waals surface area contributed by atoms with Gasteiger partial charge in [0.15, 0.2) is 0 Å². The number of carbonyl (C=O) groups excluding carboxylic acids is 1. The molecule has 3 aromatic rings. The van der Waals surface area contributed by atoms with Crippen molar-refractivity contribution in [2.24, 2.45) is 5.73 Å². The smallest absolute Gasteiger partial charge is 0.250 e. The Bertz CT molecular complexity index is 1070. The lowest BCUT2D eigenvalue weighted by Gasteiger charge is -2.36. The van der Waals surface area contributed by atoms with E-state index < -0.39 is 5.91 Å². The van der Waals surface area contributed by atoms with Gasteiger partial charge in [-0.1, -0.05) is 44.2 Å². The van der Waals surface area contributed by atoms with Crippen LogP contribution in [0.1, 0.15) is 55.5 Å². The largest absolute Gasteiger partial charge is 0.438 e. The number of pyridine rings is 1. The first-order valence-electron chi connectivity index (χ1n) is 12.0. The molecule has 2 aromatic carbocycles. The minimum Gasteiger partial charge on any atom is -0.438 e. The molecular formula is C27H34N4O2. The minimum absolute atomic E-state index is 0.361. The molecular weight excluding hydrogens is 412 g/mol. The molecule has 1 heterocycles. The maximum Gasteiger partial charge on any atom is 0.250 e. The summed E-state index contributed by atoms with van der Waals surface area (Å²) in [6, 6.07) is 17.0. The maximum atomic E-state index is 11.3. The highest BCUT2D eigenvalue weighted by molar-refractivity contribution is 5.92. The summed E-state index contributed by atoms with van der Waals surface area (Å²) in [5.41, 5.74) is 6.92. The van der Waals surface area contributed by atoms with E-state index in [2.05, 4.69) is 53.3 Å². The number of aromatic nitrogens is 1. The van der Waals surface area contributed by atoms with Gasteiger partial charge in [0.05, 0.1) is 5.56 Å². The molecule has 0 saturated heterocycles. The Kier molecular flexibility index (Phi) is 7.57. The summed E-state index contributed by atoms with van der Waals surface area (Å²) in [6.45, 7) is 7.65. The van der Waals surface area contributed by atoms with Crippen molar-refractivity contribution in [3.63, 3.8) is 0 Å². The molecule has 0 spiro atoms. The van der Waals surface area contributed by atoms with E-state index in [1.807, 2.05) is 12.1 Å². The molecule has 4 rings (SSSR count). The maximum absolute atomic E-state index is 11.3. The topological polar surface area (TPSA) is 80.5 Å². The van der Waals surface area contributed by atoms with Crippen molar-refractivity contribution < 1.29 is 9.53 Å². The number of fused-ring (bicyclic) bond motifs is 1. The van der Waals surface area contributed by atoms with Gasteiger partial charge < -0.3 is 20.7 Å². The van der Waals surface area contributed by atoms with Crippen molar-refractivity contribution in [1.29, 1.82) is 0 Å². The van der Waals surface area contributed by atoms with E-state index in [-0.39, 0.29) is 0 Å². The summed E-state index contributed by atoms with van der Waals surface area (Å²) in [5, 5.41) is 6.01. The highest BCUT2D eigenvalue weighted by Gasteiger charge is 2.24. The number of amides is 1. The van der Waals surface area contributed by atoms with Crippen LogP contribution in [-0.4, -0.2) is 41.0 Å². The predicted molar refractivity (Wildman–Crippen MR) is 133 cm³/mol. The van der Waals surface area contributed by atoms with Crippen molar-refractivity contribution in [2.45, 2.75) is 58.2 Å². The Morgan fingerprint density at radius 2 is 1.76 bits per heavy atom. The van der Waals surface area contributed by atoms with Crippen molar-refractivity contribution >= 4 is 16.7 Å². The average Bonchev–Trinajstić information content (AvgIpc) is 2.85. The van der Waals surface area contributed by atoms with Crippen molar-refractivity contribution in [3.05, 3.63) is 65.9 Å². The molecule has 1 aliphatic rings. The standard InChI is InChI=1S/C27H34N4O2/c1-3-31(4-2)22-13-11-21(12-14-22)29-17-19-9-15-25(24-8-6-5-7-23(19)24)33-26-16-10-20(18-30-26)27(28)32/h5-10,15-16,18,21-22,29H,3-4,11-14,17H2,1-2H3,(H2,28,32). The lowest BCUT2D eigenvalue weighted by molar-refractivity contribution is 0.1000. The summed E-state index contributed by atoms with van der Waals surface area (Å²) in [7, 11) is 0. The third kappa shape index (κ3) is 5.52. The molecule has 0 bridgehead atoms. The summed E-state index contributed by atoms with van der Waals surface area (Å²) in [6.07, 6.45) is 6.44. The number of hydrogen-bond acceptors (Lipinski definition) is 5. The number of nitrogens with zero attached hydrogens (tertiary/aromatic N) is 2. The summed E-state index contributed by atoms with van der Waals surface area (Å²) in [5.74, 6) is 0.673. The molecule has 1 amide bonds. The van der Waals surface area contributed by atoms with Gasteiger partial charge >= 0.3 is 0 Å². The Morgan fingerprint density at radius 3 is 2.39 bits per heavy atom. The molecule has 0 unspecified atom stereocenters.